The molecule has 3 rings (SSSR count). The average Bonchev–Trinajstić information content (AvgIpc) is 2.53. The van der Waals surface area contributed by atoms with E-state index in [1.807, 2.05) is 20.0 Å². The molecule has 0 amide bonds. The van der Waals surface area contributed by atoms with Crippen LogP contribution in [0.1, 0.15) is 18.2 Å². The lowest BCUT2D eigenvalue weighted by atomic mass is 10.0. The van der Waals surface area contributed by atoms with Gasteiger partial charge >= 0.3 is 0 Å². The highest BCUT2D eigenvalue weighted by molar-refractivity contribution is 5.85. The summed E-state index contributed by atoms with van der Waals surface area (Å²) in [4.78, 5) is 13.3. The second-order valence-corrected chi connectivity index (χ2v) is 5.01. The van der Waals surface area contributed by atoms with Crippen molar-refractivity contribution in [1.29, 1.82) is 0 Å². The first-order valence-corrected chi connectivity index (χ1v) is 7.12. The summed E-state index contributed by atoms with van der Waals surface area (Å²) in [7, 11) is 1.89. The first-order chi connectivity index (χ1) is 10.2. The summed E-state index contributed by atoms with van der Waals surface area (Å²) in [5, 5.41) is 4.27. The summed E-state index contributed by atoms with van der Waals surface area (Å²) in [6.45, 7) is 4.13. The lowest BCUT2D eigenvalue weighted by Crippen LogP contribution is -2.02. The van der Waals surface area contributed by atoms with Crippen LogP contribution in [0, 0.1) is 6.92 Å². The van der Waals surface area contributed by atoms with Gasteiger partial charge in [0.05, 0.1) is 11.2 Å². The van der Waals surface area contributed by atoms with Crippen LogP contribution in [0.25, 0.3) is 22.2 Å². The molecule has 0 saturated heterocycles. The Morgan fingerprint density at radius 2 is 1.95 bits per heavy atom. The number of nitrogens with one attached hydrogen (secondary N) is 1. The molecule has 106 valence electrons. The number of nitrogens with zero attached hydrogens (tertiary/aromatic N) is 3. The number of hydrogen-bond donors (Lipinski definition) is 1. The second-order valence-electron chi connectivity index (χ2n) is 5.01. The Morgan fingerprint density at radius 3 is 2.71 bits per heavy atom. The summed E-state index contributed by atoms with van der Waals surface area (Å²) in [6.07, 6.45) is 2.49. The minimum Gasteiger partial charge on any atom is -0.373 e. The molecule has 0 fully saturated rings. The van der Waals surface area contributed by atoms with Gasteiger partial charge in [-0.05, 0) is 31.5 Å². The first-order valence-electron chi connectivity index (χ1n) is 7.12. The van der Waals surface area contributed by atoms with Crippen LogP contribution in [0.3, 0.4) is 0 Å². The maximum Gasteiger partial charge on any atom is 0.132 e. The molecule has 4 nitrogen and oxygen atoms in total. The van der Waals surface area contributed by atoms with Crippen LogP contribution in [0.4, 0.5) is 5.82 Å². The van der Waals surface area contributed by atoms with Crippen molar-refractivity contribution in [3.63, 3.8) is 0 Å². The molecule has 0 radical (unpaired) electrons. The van der Waals surface area contributed by atoms with E-state index in [1.54, 1.807) is 6.33 Å². The van der Waals surface area contributed by atoms with Crippen molar-refractivity contribution in [3.8, 4) is 11.3 Å². The third-order valence-electron chi connectivity index (χ3n) is 3.64. The topological polar surface area (TPSA) is 50.7 Å². The van der Waals surface area contributed by atoms with E-state index in [1.165, 1.54) is 0 Å². The van der Waals surface area contributed by atoms with Crippen LogP contribution >= 0.6 is 0 Å². The zero-order valence-corrected chi connectivity index (χ0v) is 12.5. The van der Waals surface area contributed by atoms with Gasteiger partial charge in [-0.1, -0.05) is 19.1 Å². The molecule has 21 heavy (non-hydrogen) atoms. The number of pyridine rings is 1. The molecule has 0 spiro atoms. The zero-order chi connectivity index (χ0) is 14.8. The van der Waals surface area contributed by atoms with E-state index in [-0.39, 0.29) is 0 Å². The normalized spacial score (nSPS) is 10.8. The van der Waals surface area contributed by atoms with Crippen molar-refractivity contribution in [1.82, 2.24) is 15.0 Å². The van der Waals surface area contributed by atoms with Crippen LogP contribution in [0.5, 0.6) is 0 Å². The molecular formula is C17H18N4. The fraction of sp³-hybridized carbons (Fsp3) is 0.235. The number of benzene rings is 1. The van der Waals surface area contributed by atoms with Gasteiger partial charge in [0.15, 0.2) is 0 Å². The Bertz CT molecular complexity index is 796. The van der Waals surface area contributed by atoms with Crippen LogP contribution < -0.4 is 5.32 Å². The standard InChI is InChI=1S/C17H18N4/c1-4-14-16(19-10-20-17(14)18-3)13-7-8-15-12(9-13)6-5-11(2)21-15/h5-10H,4H2,1-3H3,(H,18,19,20). The molecular weight excluding hydrogens is 260 g/mol. The van der Waals surface area contributed by atoms with E-state index in [2.05, 4.69) is 51.5 Å². The van der Waals surface area contributed by atoms with Gasteiger partial charge in [-0.25, -0.2) is 9.97 Å². The highest BCUT2D eigenvalue weighted by Gasteiger charge is 2.11. The molecule has 4 heteroatoms. The van der Waals surface area contributed by atoms with Crippen molar-refractivity contribution >= 4 is 16.7 Å². The third-order valence-corrected chi connectivity index (χ3v) is 3.64. The third kappa shape index (κ3) is 2.44. The monoisotopic (exact) mass is 278 g/mol. The Kier molecular flexibility index (Phi) is 3.52. The molecule has 0 aliphatic heterocycles. The fourth-order valence-electron chi connectivity index (χ4n) is 2.59. The molecule has 1 aromatic carbocycles. The zero-order valence-electron chi connectivity index (χ0n) is 12.5. The molecule has 2 aromatic heterocycles. The number of rotatable bonds is 3. The summed E-state index contributed by atoms with van der Waals surface area (Å²) < 4.78 is 0. The number of anilines is 1. The average molecular weight is 278 g/mol. The summed E-state index contributed by atoms with van der Waals surface area (Å²) in [6, 6.07) is 10.4. The highest BCUT2D eigenvalue weighted by atomic mass is 15.0. The van der Waals surface area contributed by atoms with Gasteiger partial charge in [-0.2, -0.15) is 0 Å². The summed E-state index contributed by atoms with van der Waals surface area (Å²) in [5.41, 5.74) is 5.27. The van der Waals surface area contributed by atoms with Crippen molar-refractivity contribution < 1.29 is 0 Å². The molecule has 0 aliphatic carbocycles. The molecule has 0 saturated carbocycles. The van der Waals surface area contributed by atoms with Crippen LogP contribution in [0.15, 0.2) is 36.7 Å². The van der Waals surface area contributed by atoms with Crippen LogP contribution in [-0.2, 0) is 6.42 Å². The van der Waals surface area contributed by atoms with Gasteiger partial charge in [-0.15, -0.1) is 0 Å². The van der Waals surface area contributed by atoms with E-state index in [0.29, 0.717) is 0 Å². The quantitative estimate of drug-likeness (QED) is 0.795. The summed E-state index contributed by atoms with van der Waals surface area (Å²) >= 11 is 0. The van der Waals surface area contributed by atoms with E-state index >= 15 is 0 Å². The Balaban J connectivity index is 2.18. The van der Waals surface area contributed by atoms with Crippen molar-refractivity contribution in [2.24, 2.45) is 0 Å². The molecule has 0 bridgehead atoms. The van der Waals surface area contributed by atoms with Crippen molar-refractivity contribution in [3.05, 3.63) is 47.9 Å². The van der Waals surface area contributed by atoms with Gasteiger partial charge in [0.1, 0.15) is 12.1 Å². The largest absolute Gasteiger partial charge is 0.373 e. The van der Waals surface area contributed by atoms with Gasteiger partial charge in [0.25, 0.3) is 0 Å². The maximum atomic E-state index is 4.54. The SMILES string of the molecule is CCc1c(NC)ncnc1-c1ccc2nc(C)ccc2c1. The summed E-state index contributed by atoms with van der Waals surface area (Å²) in [5.74, 6) is 0.893. The Morgan fingerprint density at radius 1 is 1.10 bits per heavy atom. The molecule has 2 heterocycles. The minimum absolute atomic E-state index is 0.885. The Hall–Kier alpha value is -2.49. The lowest BCUT2D eigenvalue weighted by molar-refractivity contribution is 1.05. The fourth-order valence-corrected chi connectivity index (χ4v) is 2.59. The maximum absolute atomic E-state index is 4.54. The van der Waals surface area contributed by atoms with Crippen LogP contribution in [0.2, 0.25) is 0 Å². The van der Waals surface area contributed by atoms with E-state index in [9.17, 15) is 0 Å². The number of hydrogen-bond acceptors (Lipinski definition) is 4. The van der Waals surface area contributed by atoms with E-state index in [0.717, 1.165) is 45.7 Å². The van der Waals surface area contributed by atoms with E-state index in [4.69, 9.17) is 0 Å². The Labute approximate surface area is 124 Å². The van der Waals surface area contributed by atoms with Gasteiger partial charge in [0, 0.05) is 29.3 Å². The van der Waals surface area contributed by atoms with Gasteiger partial charge in [0.2, 0.25) is 0 Å². The second kappa shape index (κ2) is 5.48. The molecule has 0 atom stereocenters. The predicted octanol–water partition coefficient (Wildman–Crippen LogP) is 3.60. The van der Waals surface area contributed by atoms with Crippen molar-refractivity contribution in [2.45, 2.75) is 20.3 Å². The molecule has 1 N–H and O–H groups in total. The van der Waals surface area contributed by atoms with E-state index < -0.39 is 0 Å². The minimum atomic E-state index is 0.885. The number of aromatic nitrogens is 3. The lowest BCUT2D eigenvalue weighted by Gasteiger charge is -2.11. The number of aryl methyl sites for hydroxylation is 1. The molecule has 0 unspecified atom stereocenters. The van der Waals surface area contributed by atoms with Gasteiger partial charge < -0.3 is 5.32 Å². The van der Waals surface area contributed by atoms with Crippen LogP contribution in [-0.4, -0.2) is 22.0 Å². The molecule has 0 aliphatic rings. The highest BCUT2D eigenvalue weighted by Crippen LogP contribution is 2.28. The van der Waals surface area contributed by atoms with Crippen molar-refractivity contribution in [2.75, 3.05) is 12.4 Å². The molecule has 3 aromatic rings. The van der Waals surface area contributed by atoms with Gasteiger partial charge in [-0.3, -0.25) is 4.98 Å². The number of fused-ring (bicyclic) bond motifs is 1. The first kappa shape index (κ1) is 13.5. The smallest absolute Gasteiger partial charge is 0.132 e. The predicted molar refractivity (Wildman–Crippen MR) is 86.4 cm³/mol.